The minimum atomic E-state index is -2.84. The predicted octanol–water partition coefficient (Wildman–Crippen LogP) is 3.89. The lowest BCUT2D eigenvalue weighted by atomic mass is 10.0. The fraction of sp³-hybridized carbons (Fsp3) is 0.316. The molecular weight excluding hydrogens is 372 g/mol. The van der Waals surface area contributed by atoms with Crippen LogP contribution in [0, 0.1) is 0 Å². The predicted molar refractivity (Wildman–Crippen MR) is 107 cm³/mol. The molecule has 0 aliphatic rings. The van der Waals surface area contributed by atoms with Gasteiger partial charge in [0.2, 0.25) is 0 Å². The monoisotopic (exact) mass is 395 g/mol. The third-order valence-corrected chi connectivity index (χ3v) is 4.16. The Morgan fingerprint density at radius 1 is 1.11 bits per heavy atom. The van der Waals surface area contributed by atoms with Gasteiger partial charge in [-0.3, -0.25) is 0 Å². The maximum absolute atomic E-state index is 12.2. The van der Waals surface area contributed by atoms with Crippen molar-refractivity contribution in [3.8, 4) is 11.5 Å². The largest absolute Gasteiger partial charge is 0.496 e. The molecule has 8 heteroatoms. The number of likely N-dealkylation sites (N-methyl/N-ethyl adjacent to an activating group) is 1. The molecule has 2 N–H and O–H groups in total. The molecule has 2 aromatic carbocycles. The first kappa shape index (κ1) is 20.9. The molecule has 0 radical (unpaired) electrons. The van der Waals surface area contributed by atoms with Gasteiger partial charge < -0.3 is 25.0 Å². The fourth-order valence-corrected chi connectivity index (χ4v) is 2.80. The fourth-order valence-electron chi connectivity index (χ4n) is 2.60. The van der Waals surface area contributed by atoms with Gasteiger partial charge >= 0.3 is 6.61 Å². The number of halogens is 2. The Kier molecular flexibility index (Phi) is 7.75. The quantitative estimate of drug-likeness (QED) is 0.662. The van der Waals surface area contributed by atoms with E-state index in [0.29, 0.717) is 17.3 Å². The Labute approximate surface area is 163 Å². The number of alkyl halides is 2. The Bertz CT molecular complexity index is 742. The molecule has 2 rings (SSSR count). The van der Waals surface area contributed by atoms with E-state index in [-0.39, 0.29) is 11.8 Å². The first-order valence-corrected chi connectivity index (χ1v) is 8.70. The lowest BCUT2D eigenvalue weighted by Crippen LogP contribution is -2.36. The number of methoxy groups -OCH3 is 1. The van der Waals surface area contributed by atoms with Crippen molar-refractivity contribution in [1.82, 2.24) is 10.2 Å². The summed E-state index contributed by atoms with van der Waals surface area (Å²) in [4.78, 5) is 2.07. The molecular formula is C19H23F2N3O2S. The van der Waals surface area contributed by atoms with Crippen molar-refractivity contribution in [2.24, 2.45) is 0 Å². The second-order valence-corrected chi connectivity index (χ2v) is 6.37. The van der Waals surface area contributed by atoms with Crippen molar-refractivity contribution < 1.29 is 18.3 Å². The summed E-state index contributed by atoms with van der Waals surface area (Å²) in [6.45, 7) is -2.28. The summed E-state index contributed by atoms with van der Waals surface area (Å²) in [5.41, 5.74) is 1.72. The summed E-state index contributed by atoms with van der Waals surface area (Å²) < 4.78 is 34.1. The molecule has 5 nitrogen and oxygen atoms in total. The maximum Gasteiger partial charge on any atom is 0.387 e. The highest BCUT2D eigenvalue weighted by atomic mass is 32.1. The van der Waals surface area contributed by atoms with Crippen molar-refractivity contribution in [3.63, 3.8) is 0 Å². The van der Waals surface area contributed by atoms with Crippen LogP contribution >= 0.6 is 12.2 Å². The van der Waals surface area contributed by atoms with Crippen LogP contribution in [0.5, 0.6) is 11.5 Å². The van der Waals surface area contributed by atoms with Crippen molar-refractivity contribution in [2.75, 3.05) is 33.1 Å². The zero-order valence-electron chi connectivity index (χ0n) is 15.4. The molecule has 0 aliphatic heterocycles. The molecule has 0 saturated carbocycles. The highest BCUT2D eigenvalue weighted by molar-refractivity contribution is 7.80. The normalized spacial score (nSPS) is 12.0. The summed E-state index contributed by atoms with van der Waals surface area (Å²) >= 11 is 5.33. The highest BCUT2D eigenvalue weighted by Crippen LogP contribution is 2.27. The minimum absolute atomic E-state index is 0.0442. The van der Waals surface area contributed by atoms with E-state index in [1.54, 1.807) is 19.2 Å². The van der Waals surface area contributed by atoms with Crippen LogP contribution in [-0.2, 0) is 0 Å². The van der Waals surface area contributed by atoms with Gasteiger partial charge in [-0.15, -0.1) is 0 Å². The van der Waals surface area contributed by atoms with Crippen LogP contribution in [0.2, 0.25) is 0 Å². The van der Waals surface area contributed by atoms with Gasteiger partial charge in [0.15, 0.2) is 5.11 Å². The molecule has 0 aromatic heterocycles. The number of thiocarbonyl (C=S) groups is 1. The topological polar surface area (TPSA) is 45.8 Å². The molecule has 0 heterocycles. The second kappa shape index (κ2) is 10.0. The number of hydrogen-bond donors (Lipinski definition) is 2. The molecule has 0 amide bonds. The average molecular weight is 395 g/mol. The zero-order valence-corrected chi connectivity index (χ0v) is 16.2. The standard InChI is InChI=1S/C19H23F2N3O2S/c1-24(2)16(15-6-4-5-7-17(15)25-3)12-22-19(27)23-13-8-10-14(11-9-13)26-18(20)21/h4-11,16,18H,12H2,1-3H3,(H2,22,23,27)/t16-/m0/s1. The number of nitrogens with zero attached hydrogens (tertiary/aromatic N) is 1. The first-order valence-electron chi connectivity index (χ1n) is 8.29. The van der Waals surface area contributed by atoms with Gasteiger partial charge in [-0.2, -0.15) is 8.78 Å². The van der Waals surface area contributed by atoms with Gasteiger partial charge in [0.1, 0.15) is 11.5 Å². The van der Waals surface area contributed by atoms with Gasteiger partial charge in [-0.1, -0.05) is 18.2 Å². The SMILES string of the molecule is COc1ccccc1[C@H](CNC(=S)Nc1ccc(OC(F)F)cc1)N(C)C. The highest BCUT2D eigenvalue weighted by Gasteiger charge is 2.18. The van der Waals surface area contributed by atoms with Gasteiger partial charge in [-0.05, 0) is 56.6 Å². The van der Waals surface area contributed by atoms with Crippen LogP contribution in [0.4, 0.5) is 14.5 Å². The van der Waals surface area contributed by atoms with E-state index in [1.165, 1.54) is 12.1 Å². The van der Waals surface area contributed by atoms with Crippen LogP contribution < -0.4 is 20.1 Å². The number of para-hydroxylation sites is 1. The van der Waals surface area contributed by atoms with E-state index < -0.39 is 6.61 Å². The van der Waals surface area contributed by atoms with Crippen molar-refractivity contribution >= 4 is 23.0 Å². The molecule has 0 fully saturated rings. The molecule has 27 heavy (non-hydrogen) atoms. The average Bonchev–Trinajstić information content (AvgIpc) is 2.63. The summed E-state index contributed by atoms with van der Waals surface area (Å²) in [7, 11) is 5.61. The number of rotatable bonds is 8. The molecule has 0 spiro atoms. The smallest absolute Gasteiger partial charge is 0.387 e. The van der Waals surface area contributed by atoms with Crippen molar-refractivity contribution in [3.05, 3.63) is 54.1 Å². The number of ether oxygens (including phenoxy) is 2. The Balaban J connectivity index is 1.96. The van der Waals surface area contributed by atoms with E-state index in [9.17, 15) is 8.78 Å². The van der Waals surface area contributed by atoms with Crippen molar-refractivity contribution in [2.45, 2.75) is 12.7 Å². The third kappa shape index (κ3) is 6.33. The van der Waals surface area contributed by atoms with E-state index in [2.05, 4.69) is 20.3 Å². The number of benzene rings is 2. The first-order chi connectivity index (χ1) is 12.9. The molecule has 0 bridgehead atoms. The second-order valence-electron chi connectivity index (χ2n) is 5.96. The summed E-state index contributed by atoms with van der Waals surface area (Å²) in [5.74, 6) is 0.907. The van der Waals surface area contributed by atoms with Crippen LogP contribution in [0.25, 0.3) is 0 Å². The molecule has 146 valence electrons. The minimum Gasteiger partial charge on any atom is -0.496 e. The summed E-state index contributed by atoms with van der Waals surface area (Å²) in [5, 5.41) is 6.64. The molecule has 1 atom stereocenters. The van der Waals surface area contributed by atoms with E-state index in [1.807, 2.05) is 38.4 Å². The third-order valence-electron chi connectivity index (χ3n) is 3.91. The molecule has 0 unspecified atom stereocenters. The molecule has 0 aliphatic carbocycles. The maximum atomic E-state index is 12.2. The summed E-state index contributed by atoms with van der Waals surface area (Å²) in [6.07, 6.45) is 0. The van der Waals surface area contributed by atoms with E-state index in [4.69, 9.17) is 17.0 Å². The Hall–Kier alpha value is -2.45. The van der Waals surface area contributed by atoms with Crippen LogP contribution in [0.15, 0.2) is 48.5 Å². The molecule has 2 aromatic rings. The van der Waals surface area contributed by atoms with Crippen LogP contribution in [0.1, 0.15) is 11.6 Å². The van der Waals surface area contributed by atoms with Crippen LogP contribution in [0.3, 0.4) is 0 Å². The Morgan fingerprint density at radius 2 is 1.78 bits per heavy atom. The van der Waals surface area contributed by atoms with E-state index >= 15 is 0 Å². The number of nitrogens with one attached hydrogen (secondary N) is 2. The van der Waals surface area contributed by atoms with Gasteiger partial charge in [0.25, 0.3) is 0 Å². The summed E-state index contributed by atoms with van der Waals surface area (Å²) in [6, 6.07) is 14.0. The van der Waals surface area contributed by atoms with E-state index in [0.717, 1.165) is 11.3 Å². The van der Waals surface area contributed by atoms with Crippen LogP contribution in [-0.4, -0.2) is 44.4 Å². The molecule has 0 saturated heterocycles. The number of anilines is 1. The van der Waals surface area contributed by atoms with Gasteiger partial charge in [-0.25, -0.2) is 0 Å². The lowest BCUT2D eigenvalue weighted by Gasteiger charge is -2.27. The zero-order chi connectivity index (χ0) is 19.8. The number of hydrogen-bond acceptors (Lipinski definition) is 4. The Morgan fingerprint density at radius 3 is 2.37 bits per heavy atom. The van der Waals surface area contributed by atoms with Crippen molar-refractivity contribution in [1.29, 1.82) is 0 Å². The van der Waals surface area contributed by atoms with Gasteiger partial charge in [0, 0.05) is 17.8 Å². The van der Waals surface area contributed by atoms with Gasteiger partial charge in [0.05, 0.1) is 13.2 Å². The lowest BCUT2D eigenvalue weighted by molar-refractivity contribution is -0.0498.